The number of benzene rings is 2. The number of carbonyl (C=O) groups is 1. The van der Waals surface area contributed by atoms with Gasteiger partial charge in [-0.15, -0.1) is 11.3 Å². The topological polar surface area (TPSA) is 98.1 Å². The molecule has 2 aromatic carbocycles. The Bertz CT molecular complexity index is 1530. The van der Waals surface area contributed by atoms with Gasteiger partial charge in [-0.3, -0.25) is 9.48 Å². The van der Waals surface area contributed by atoms with Crippen LogP contribution in [0.3, 0.4) is 0 Å². The Balaban J connectivity index is 1.62. The van der Waals surface area contributed by atoms with Crippen molar-refractivity contribution in [1.29, 1.82) is 0 Å². The van der Waals surface area contributed by atoms with E-state index < -0.39 is 5.82 Å². The van der Waals surface area contributed by atoms with Crippen molar-refractivity contribution in [3.05, 3.63) is 54.3 Å². The molecule has 172 valence electrons. The maximum atomic E-state index is 15.1. The first-order chi connectivity index (χ1) is 16.4. The van der Waals surface area contributed by atoms with Gasteiger partial charge in [-0.25, -0.2) is 19.3 Å². The molecule has 34 heavy (non-hydrogen) atoms. The lowest BCUT2D eigenvalue weighted by atomic mass is 10.1. The average Bonchev–Trinajstić information content (AvgIpc) is 3.48. The number of fused-ring (bicyclic) bond motifs is 2. The maximum absolute atomic E-state index is 15.1. The molecule has 1 amide bonds. The molecule has 0 unspecified atom stereocenters. The van der Waals surface area contributed by atoms with Crippen LogP contribution < -0.4 is 10.1 Å². The van der Waals surface area contributed by atoms with E-state index in [0.717, 1.165) is 11.1 Å². The van der Waals surface area contributed by atoms with Gasteiger partial charge in [0, 0.05) is 32.9 Å². The standard InChI is InChI=1S/C23H20FN7O2S/c1-30(2)19(32)10-33-18-7-13(14-8-28-31(3)9-14)6-17-20(18)23(26-11-25-17)29-15-4-5-16-22(21(15)24)34-12-27-16/h4-9,11-12H,10H2,1-3H3,(H,25,26,29). The number of nitrogens with one attached hydrogen (secondary N) is 1. The Labute approximate surface area is 197 Å². The number of anilines is 2. The number of halogens is 1. The summed E-state index contributed by atoms with van der Waals surface area (Å²) >= 11 is 1.23. The molecular formula is C23H20FN7O2S. The van der Waals surface area contributed by atoms with Crippen molar-refractivity contribution in [2.45, 2.75) is 0 Å². The first-order valence-electron chi connectivity index (χ1n) is 10.3. The predicted molar refractivity (Wildman–Crippen MR) is 129 cm³/mol. The second-order valence-corrected chi connectivity index (χ2v) is 8.68. The molecule has 0 saturated heterocycles. The summed E-state index contributed by atoms with van der Waals surface area (Å²) in [6, 6.07) is 7.04. The van der Waals surface area contributed by atoms with Gasteiger partial charge in [0.15, 0.2) is 12.4 Å². The van der Waals surface area contributed by atoms with Crippen molar-refractivity contribution >= 4 is 49.9 Å². The number of carbonyl (C=O) groups excluding carboxylic acids is 1. The normalized spacial score (nSPS) is 11.2. The average molecular weight is 478 g/mol. The van der Waals surface area contributed by atoms with Crippen molar-refractivity contribution < 1.29 is 13.9 Å². The molecule has 0 fully saturated rings. The van der Waals surface area contributed by atoms with Gasteiger partial charge in [0.1, 0.15) is 17.9 Å². The molecule has 3 aromatic heterocycles. The summed E-state index contributed by atoms with van der Waals surface area (Å²) in [6.07, 6.45) is 5.00. The highest BCUT2D eigenvalue weighted by atomic mass is 32.1. The number of amides is 1. The lowest BCUT2D eigenvalue weighted by Gasteiger charge is -2.16. The molecule has 1 N–H and O–H groups in total. The van der Waals surface area contributed by atoms with Gasteiger partial charge in [0.05, 0.1) is 38.5 Å². The first kappa shape index (κ1) is 21.7. The molecule has 9 nitrogen and oxygen atoms in total. The second-order valence-electron chi connectivity index (χ2n) is 7.82. The van der Waals surface area contributed by atoms with E-state index in [-0.39, 0.29) is 18.2 Å². The number of rotatable bonds is 6. The molecule has 0 spiro atoms. The summed E-state index contributed by atoms with van der Waals surface area (Å²) < 4.78 is 23.2. The van der Waals surface area contributed by atoms with Crippen molar-refractivity contribution in [2.24, 2.45) is 7.05 Å². The van der Waals surface area contributed by atoms with E-state index in [1.807, 2.05) is 19.3 Å². The Kier molecular flexibility index (Phi) is 5.54. The molecule has 0 saturated carbocycles. The number of likely N-dealkylation sites (N-methyl/N-ethyl adjacent to an activating group) is 1. The number of hydrogen-bond acceptors (Lipinski definition) is 8. The summed E-state index contributed by atoms with van der Waals surface area (Å²) in [5, 5.41) is 7.83. The van der Waals surface area contributed by atoms with E-state index in [1.165, 1.54) is 22.6 Å². The third kappa shape index (κ3) is 4.01. The monoisotopic (exact) mass is 477 g/mol. The van der Waals surface area contributed by atoms with Gasteiger partial charge >= 0.3 is 0 Å². The highest BCUT2D eigenvalue weighted by Crippen LogP contribution is 2.37. The number of aromatic nitrogens is 5. The van der Waals surface area contributed by atoms with Gasteiger partial charge in [-0.05, 0) is 29.8 Å². The number of nitrogens with zero attached hydrogens (tertiary/aromatic N) is 6. The van der Waals surface area contributed by atoms with Crippen LogP contribution in [0.15, 0.2) is 48.5 Å². The van der Waals surface area contributed by atoms with Crippen LogP contribution in [0.2, 0.25) is 0 Å². The minimum absolute atomic E-state index is 0.173. The van der Waals surface area contributed by atoms with Gasteiger partial charge in [0.25, 0.3) is 5.91 Å². The first-order valence-corrected chi connectivity index (χ1v) is 11.2. The van der Waals surface area contributed by atoms with E-state index in [0.29, 0.717) is 32.7 Å². The number of hydrogen-bond donors (Lipinski definition) is 1. The summed E-state index contributed by atoms with van der Waals surface area (Å²) in [7, 11) is 5.14. The van der Waals surface area contributed by atoms with Crippen molar-refractivity contribution in [3.8, 4) is 16.9 Å². The highest BCUT2D eigenvalue weighted by Gasteiger charge is 2.18. The van der Waals surface area contributed by atoms with Crippen molar-refractivity contribution in [3.63, 3.8) is 0 Å². The summed E-state index contributed by atoms with van der Waals surface area (Å²) in [5.74, 6) is 0.142. The molecule has 5 aromatic rings. The van der Waals surface area contributed by atoms with Crippen LogP contribution in [0.4, 0.5) is 15.9 Å². The van der Waals surface area contributed by atoms with E-state index in [9.17, 15) is 4.79 Å². The van der Waals surface area contributed by atoms with Crippen molar-refractivity contribution in [1.82, 2.24) is 29.6 Å². The SMILES string of the molecule is CN(C)C(=O)COc1cc(-c2cnn(C)c2)cc2ncnc(Nc3ccc4ncsc4c3F)c12. The summed E-state index contributed by atoms with van der Waals surface area (Å²) in [4.78, 5) is 26.6. The largest absolute Gasteiger partial charge is 0.483 e. The zero-order chi connectivity index (χ0) is 23.8. The number of thiazole rings is 1. The van der Waals surface area contributed by atoms with Crippen LogP contribution in [0.5, 0.6) is 5.75 Å². The van der Waals surface area contributed by atoms with Gasteiger partial charge in [0.2, 0.25) is 0 Å². The van der Waals surface area contributed by atoms with Gasteiger partial charge in [-0.1, -0.05) is 0 Å². The van der Waals surface area contributed by atoms with E-state index in [1.54, 1.807) is 48.7 Å². The smallest absolute Gasteiger partial charge is 0.259 e. The molecule has 0 aliphatic rings. The van der Waals surface area contributed by atoms with Crippen LogP contribution in [0.1, 0.15) is 0 Å². The lowest BCUT2D eigenvalue weighted by molar-refractivity contribution is -0.130. The van der Waals surface area contributed by atoms with Crippen LogP contribution >= 0.6 is 11.3 Å². The minimum atomic E-state index is -0.413. The molecule has 0 radical (unpaired) electrons. The molecule has 0 aliphatic carbocycles. The lowest BCUT2D eigenvalue weighted by Crippen LogP contribution is -2.27. The second kappa shape index (κ2) is 8.67. The van der Waals surface area contributed by atoms with Gasteiger partial charge < -0.3 is 15.0 Å². The Hall–Kier alpha value is -4.12. The quantitative estimate of drug-likeness (QED) is 0.395. The molecule has 0 aliphatic heterocycles. The Morgan fingerprint density at radius 2 is 2.03 bits per heavy atom. The molecule has 3 heterocycles. The fraction of sp³-hybridized carbons (Fsp3) is 0.174. The Morgan fingerprint density at radius 1 is 1.18 bits per heavy atom. The predicted octanol–water partition coefficient (Wildman–Crippen LogP) is 3.99. The molecule has 11 heteroatoms. The van der Waals surface area contributed by atoms with E-state index in [2.05, 4.69) is 25.4 Å². The minimum Gasteiger partial charge on any atom is -0.483 e. The molecule has 0 atom stereocenters. The molecule has 5 rings (SSSR count). The van der Waals surface area contributed by atoms with E-state index in [4.69, 9.17) is 4.74 Å². The number of ether oxygens (including phenoxy) is 1. The zero-order valence-electron chi connectivity index (χ0n) is 18.6. The summed E-state index contributed by atoms with van der Waals surface area (Å²) in [5.41, 5.74) is 4.70. The van der Waals surface area contributed by atoms with Crippen LogP contribution in [-0.2, 0) is 11.8 Å². The van der Waals surface area contributed by atoms with Crippen LogP contribution in [0, 0.1) is 5.82 Å². The zero-order valence-corrected chi connectivity index (χ0v) is 19.4. The molecule has 0 bridgehead atoms. The third-order valence-electron chi connectivity index (χ3n) is 5.28. The fourth-order valence-electron chi connectivity index (χ4n) is 3.49. The highest BCUT2D eigenvalue weighted by molar-refractivity contribution is 7.16. The van der Waals surface area contributed by atoms with Crippen molar-refractivity contribution in [2.75, 3.05) is 26.0 Å². The van der Waals surface area contributed by atoms with Gasteiger partial charge in [-0.2, -0.15) is 5.10 Å². The summed E-state index contributed by atoms with van der Waals surface area (Å²) in [6.45, 7) is -0.173. The maximum Gasteiger partial charge on any atom is 0.259 e. The number of aryl methyl sites for hydroxylation is 1. The van der Waals surface area contributed by atoms with Crippen LogP contribution in [0.25, 0.3) is 32.2 Å². The molecular weight excluding hydrogens is 457 g/mol. The van der Waals surface area contributed by atoms with E-state index >= 15 is 4.39 Å². The van der Waals surface area contributed by atoms with Crippen LogP contribution in [-0.4, -0.2) is 56.2 Å². The third-order valence-corrected chi connectivity index (χ3v) is 6.12. The Morgan fingerprint density at radius 3 is 2.79 bits per heavy atom. The fourth-order valence-corrected chi connectivity index (χ4v) is 4.21.